The number of rotatable bonds is 5. The summed E-state index contributed by atoms with van der Waals surface area (Å²) in [4.78, 5) is 8.27. The number of hydrogen-bond acceptors (Lipinski definition) is 5. The number of aromatic nitrogens is 2. The lowest BCUT2D eigenvalue weighted by Crippen LogP contribution is -2.36. The van der Waals surface area contributed by atoms with Gasteiger partial charge in [-0.1, -0.05) is 0 Å². The lowest BCUT2D eigenvalue weighted by atomic mass is 9.95. The highest BCUT2D eigenvalue weighted by atomic mass is 16.5. The van der Waals surface area contributed by atoms with Gasteiger partial charge in [0.2, 0.25) is 5.88 Å². The number of ether oxygens (including phenoxy) is 2. The number of methoxy groups -OCH3 is 2. The van der Waals surface area contributed by atoms with E-state index >= 15 is 0 Å². The van der Waals surface area contributed by atoms with E-state index in [0.717, 1.165) is 0 Å². The molecule has 0 aliphatic carbocycles. The number of hydrogen-bond donors (Lipinski definition) is 1. The van der Waals surface area contributed by atoms with Crippen LogP contribution in [-0.2, 0) is 10.3 Å². The molecule has 15 heavy (non-hydrogen) atoms. The SMILES string of the molecule is COCCC(C)(N)c1nccnc1OC. The van der Waals surface area contributed by atoms with Gasteiger partial charge in [-0.15, -0.1) is 0 Å². The van der Waals surface area contributed by atoms with Crippen molar-refractivity contribution < 1.29 is 9.47 Å². The van der Waals surface area contributed by atoms with Crippen LogP contribution in [0.2, 0.25) is 0 Å². The van der Waals surface area contributed by atoms with Crippen LogP contribution in [0.4, 0.5) is 0 Å². The smallest absolute Gasteiger partial charge is 0.237 e. The normalized spacial score (nSPS) is 14.7. The van der Waals surface area contributed by atoms with Gasteiger partial charge < -0.3 is 15.2 Å². The molecule has 0 spiro atoms. The molecule has 0 aromatic carbocycles. The molecule has 5 heteroatoms. The van der Waals surface area contributed by atoms with Gasteiger partial charge in [0, 0.05) is 26.1 Å². The van der Waals surface area contributed by atoms with Gasteiger partial charge in [-0.3, -0.25) is 4.98 Å². The fraction of sp³-hybridized carbons (Fsp3) is 0.600. The highest BCUT2D eigenvalue weighted by molar-refractivity contribution is 5.24. The van der Waals surface area contributed by atoms with Crippen LogP contribution in [-0.4, -0.2) is 30.8 Å². The average molecular weight is 211 g/mol. The fourth-order valence-corrected chi connectivity index (χ4v) is 1.30. The molecule has 84 valence electrons. The largest absolute Gasteiger partial charge is 0.480 e. The van der Waals surface area contributed by atoms with Crippen molar-refractivity contribution in [2.24, 2.45) is 5.73 Å². The molecular weight excluding hydrogens is 194 g/mol. The zero-order chi connectivity index (χ0) is 11.3. The lowest BCUT2D eigenvalue weighted by molar-refractivity contribution is 0.169. The van der Waals surface area contributed by atoms with Crippen molar-refractivity contribution in [1.29, 1.82) is 0 Å². The van der Waals surface area contributed by atoms with Gasteiger partial charge >= 0.3 is 0 Å². The molecule has 0 aliphatic heterocycles. The molecule has 0 amide bonds. The maximum Gasteiger partial charge on any atom is 0.237 e. The molecule has 1 heterocycles. The second-order valence-electron chi connectivity index (χ2n) is 3.57. The first-order valence-electron chi connectivity index (χ1n) is 4.75. The Morgan fingerprint density at radius 3 is 2.60 bits per heavy atom. The van der Waals surface area contributed by atoms with Gasteiger partial charge in [-0.05, 0) is 13.3 Å². The van der Waals surface area contributed by atoms with Crippen LogP contribution in [0.5, 0.6) is 5.88 Å². The van der Waals surface area contributed by atoms with E-state index in [9.17, 15) is 0 Å². The summed E-state index contributed by atoms with van der Waals surface area (Å²) in [6, 6.07) is 0. The van der Waals surface area contributed by atoms with E-state index in [1.54, 1.807) is 26.6 Å². The highest BCUT2D eigenvalue weighted by Gasteiger charge is 2.27. The molecule has 1 unspecified atom stereocenters. The Hall–Kier alpha value is -1.20. The van der Waals surface area contributed by atoms with E-state index in [2.05, 4.69) is 9.97 Å². The Kier molecular flexibility index (Phi) is 3.99. The average Bonchev–Trinajstić information content (AvgIpc) is 2.26. The van der Waals surface area contributed by atoms with Gasteiger partial charge in [0.15, 0.2) is 0 Å². The van der Waals surface area contributed by atoms with Crippen molar-refractivity contribution in [3.63, 3.8) is 0 Å². The monoisotopic (exact) mass is 211 g/mol. The molecule has 0 radical (unpaired) electrons. The maximum absolute atomic E-state index is 6.14. The van der Waals surface area contributed by atoms with Crippen molar-refractivity contribution in [2.75, 3.05) is 20.8 Å². The van der Waals surface area contributed by atoms with Crippen molar-refractivity contribution in [3.8, 4) is 5.88 Å². The Bertz CT molecular complexity index is 315. The quantitative estimate of drug-likeness (QED) is 0.776. The van der Waals surface area contributed by atoms with E-state index in [4.69, 9.17) is 15.2 Å². The van der Waals surface area contributed by atoms with Crippen LogP contribution in [0.25, 0.3) is 0 Å². The molecular formula is C10H17N3O2. The van der Waals surface area contributed by atoms with E-state index in [1.807, 2.05) is 6.92 Å². The van der Waals surface area contributed by atoms with Gasteiger partial charge in [0.05, 0.1) is 12.6 Å². The van der Waals surface area contributed by atoms with Gasteiger partial charge in [0.25, 0.3) is 0 Å². The third-order valence-corrected chi connectivity index (χ3v) is 2.22. The number of nitrogens with two attached hydrogens (primary N) is 1. The summed E-state index contributed by atoms with van der Waals surface area (Å²) in [6.45, 7) is 2.46. The first-order valence-corrected chi connectivity index (χ1v) is 4.75. The predicted octanol–water partition coefficient (Wildman–Crippen LogP) is 0.696. The van der Waals surface area contributed by atoms with E-state index in [1.165, 1.54) is 0 Å². The first kappa shape index (κ1) is 11.9. The summed E-state index contributed by atoms with van der Waals surface area (Å²) in [7, 11) is 3.20. The maximum atomic E-state index is 6.14. The molecule has 1 rings (SSSR count). The summed E-state index contributed by atoms with van der Waals surface area (Å²) in [5.41, 5.74) is 6.21. The molecule has 0 saturated carbocycles. The van der Waals surface area contributed by atoms with Crippen molar-refractivity contribution in [3.05, 3.63) is 18.1 Å². The predicted molar refractivity (Wildman–Crippen MR) is 56.6 cm³/mol. The van der Waals surface area contributed by atoms with E-state index in [-0.39, 0.29) is 0 Å². The van der Waals surface area contributed by atoms with E-state index < -0.39 is 5.54 Å². The summed E-state index contributed by atoms with van der Waals surface area (Å²) >= 11 is 0. The van der Waals surface area contributed by atoms with Crippen molar-refractivity contribution >= 4 is 0 Å². The van der Waals surface area contributed by atoms with Crippen molar-refractivity contribution in [1.82, 2.24) is 9.97 Å². The summed E-state index contributed by atoms with van der Waals surface area (Å²) in [6.07, 6.45) is 3.85. The molecule has 2 N–H and O–H groups in total. The third-order valence-electron chi connectivity index (χ3n) is 2.22. The van der Waals surface area contributed by atoms with E-state index in [0.29, 0.717) is 24.6 Å². The first-order chi connectivity index (χ1) is 7.11. The molecule has 5 nitrogen and oxygen atoms in total. The van der Waals surface area contributed by atoms with Gasteiger partial charge in [0.1, 0.15) is 5.69 Å². The zero-order valence-corrected chi connectivity index (χ0v) is 9.36. The molecule has 1 aromatic rings. The van der Waals surface area contributed by atoms with Gasteiger partial charge in [-0.25, -0.2) is 4.98 Å². The minimum Gasteiger partial charge on any atom is -0.480 e. The fourth-order valence-electron chi connectivity index (χ4n) is 1.30. The molecule has 1 aromatic heterocycles. The third kappa shape index (κ3) is 2.87. The molecule has 0 saturated heterocycles. The summed E-state index contributed by atoms with van der Waals surface area (Å²) in [5.74, 6) is 0.471. The Morgan fingerprint density at radius 2 is 2.00 bits per heavy atom. The molecule has 0 bridgehead atoms. The van der Waals surface area contributed by atoms with Crippen LogP contribution < -0.4 is 10.5 Å². The van der Waals surface area contributed by atoms with Crippen LogP contribution in [0, 0.1) is 0 Å². The summed E-state index contributed by atoms with van der Waals surface area (Å²) in [5, 5.41) is 0. The Balaban J connectivity index is 2.92. The molecule has 0 aliphatic rings. The zero-order valence-electron chi connectivity index (χ0n) is 9.36. The lowest BCUT2D eigenvalue weighted by Gasteiger charge is -2.24. The minimum absolute atomic E-state index is 0.471. The highest BCUT2D eigenvalue weighted by Crippen LogP contribution is 2.25. The van der Waals surface area contributed by atoms with Crippen LogP contribution in [0.15, 0.2) is 12.4 Å². The number of nitrogens with zero attached hydrogens (tertiary/aromatic N) is 2. The molecule has 1 atom stereocenters. The Morgan fingerprint density at radius 1 is 1.33 bits per heavy atom. The standard InChI is InChI=1S/C10H17N3O2/c1-10(11,4-7-14-2)8-9(15-3)13-6-5-12-8/h5-6H,4,7,11H2,1-3H3. The van der Waals surface area contributed by atoms with Gasteiger partial charge in [-0.2, -0.15) is 0 Å². The van der Waals surface area contributed by atoms with Crippen molar-refractivity contribution in [2.45, 2.75) is 18.9 Å². The Labute approximate surface area is 89.6 Å². The van der Waals surface area contributed by atoms with Crippen LogP contribution >= 0.6 is 0 Å². The topological polar surface area (TPSA) is 70.3 Å². The molecule has 0 fully saturated rings. The van der Waals surface area contributed by atoms with Crippen LogP contribution in [0.3, 0.4) is 0 Å². The van der Waals surface area contributed by atoms with Crippen LogP contribution in [0.1, 0.15) is 19.0 Å². The second kappa shape index (κ2) is 5.04. The second-order valence-corrected chi connectivity index (χ2v) is 3.57. The summed E-state index contributed by atoms with van der Waals surface area (Å²) < 4.78 is 10.1. The minimum atomic E-state index is -0.588.